The lowest BCUT2D eigenvalue weighted by Gasteiger charge is -2.35. The molecule has 0 atom stereocenters. The molecule has 0 fully saturated rings. The topological polar surface area (TPSA) is 80.4 Å². The van der Waals surface area contributed by atoms with Gasteiger partial charge in [-0.25, -0.2) is 17.4 Å². The molecule has 0 saturated carbocycles. The lowest BCUT2D eigenvalue weighted by molar-refractivity contribution is 0.313. The first-order valence-corrected chi connectivity index (χ1v) is 17.0. The van der Waals surface area contributed by atoms with E-state index in [2.05, 4.69) is 62.7 Å². The number of likely N-dealkylation sites (N-methyl/N-ethyl adjacent to an activating group) is 1. The van der Waals surface area contributed by atoms with E-state index in [0.29, 0.717) is 29.3 Å². The van der Waals surface area contributed by atoms with Crippen molar-refractivity contribution in [1.82, 2.24) is 18.4 Å². The summed E-state index contributed by atoms with van der Waals surface area (Å²) in [4.78, 5) is 23.3. The molecule has 2 aliphatic rings. The predicted octanol–water partition coefficient (Wildman–Crippen LogP) is 6.07. The highest BCUT2D eigenvalue weighted by Gasteiger charge is 2.40. The van der Waals surface area contributed by atoms with Gasteiger partial charge in [0.05, 0.1) is 28.2 Å². The van der Waals surface area contributed by atoms with E-state index >= 15 is 0 Å². The van der Waals surface area contributed by atoms with Gasteiger partial charge in [0.25, 0.3) is 15.6 Å². The van der Waals surface area contributed by atoms with Crippen molar-refractivity contribution < 1.29 is 8.42 Å². The van der Waals surface area contributed by atoms with Crippen LogP contribution < -0.4 is 10.5 Å². The number of benzene rings is 3. The van der Waals surface area contributed by atoms with Crippen molar-refractivity contribution in [3.05, 3.63) is 100.0 Å². The van der Waals surface area contributed by atoms with E-state index in [1.165, 1.54) is 15.1 Å². The Kier molecular flexibility index (Phi) is 6.83. The van der Waals surface area contributed by atoms with Crippen molar-refractivity contribution in [2.24, 2.45) is 0 Å². The highest BCUT2D eigenvalue weighted by molar-refractivity contribution is 7.90. The second kappa shape index (κ2) is 10.4. The monoisotopic (exact) mass is 621 g/mol. The molecule has 232 valence electrons. The number of aryl methyl sites for hydroxylation is 1. The average molecular weight is 622 g/mol. The fraction of sp³-hybridized carbons (Fsp3) is 0.333. The first kappa shape index (κ1) is 29.5. The lowest BCUT2D eigenvalue weighted by atomic mass is 9.94. The molecule has 4 heterocycles. The molecule has 5 aromatic rings. The third-order valence-electron chi connectivity index (χ3n) is 9.28. The molecule has 0 radical (unpaired) electrons. The van der Waals surface area contributed by atoms with Gasteiger partial charge in [-0.1, -0.05) is 35.9 Å². The summed E-state index contributed by atoms with van der Waals surface area (Å²) in [6, 6.07) is 21.0. The van der Waals surface area contributed by atoms with E-state index in [9.17, 15) is 13.2 Å². The van der Waals surface area contributed by atoms with Gasteiger partial charge < -0.3 is 9.80 Å². The van der Waals surface area contributed by atoms with Gasteiger partial charge in [0.2, 0.25) is 5.95 Å². The Morgan fingerprint density at radius 3 is 2.36 bits per heavy atom. The van der Waals surface area contributed by atoms with Gasteiger partial charge in [0.15, 0.2) is 0 Å². The number of hydrogen-bond acceptors (Lipinski definition) is 6. The van der Waals surface area contributed by atoms with Gasteiger partial charge in [-0.2, -0.15) is 0 Å². The second-order valence-electron chi connectivity index (χ2n) is 13.5. The van der Waals surface area contributed by atoms with Crippen LogP contribution in [0.15, 0.2) is 82.6 Å². The van der Waals surface area contributed by atoms with Gasteiger partial charge >= 0.3 is 0 Å². The van der Waals surface area contributed by atoms with Crippen LogP contribution in [0.2, 0.25) is 0 Å². The highest BCUT2D eigenvalue weighted by atomic mass is 32.2. The summed E-state index contributed by atoms with van der Waals surface area (Å²) in [5, 5.41) is 0.725. The molecule has 2 aliphatic heterocycles. The standard InChI is InChI=1S/C36H39N5O3S/c1-23(2)41-35-37-32(19-34(42)39(35)22-36(41,4)5)31-21-40(45(43,44)29-12-7-24(3)8-13-29)33-14-11-27(18-30(31)33)26-10-9-25-15-16-38(6)20-28(25)17-26/h7-14,17-19,21,23H,15-16,20,22H2,1-6H3. The van der Waals surface area contributed by atoms with Gasteiger partial charge in [-0.05, 0) is 101 Å². The number of anilines is 1. The summed E-state index contributed by atoms with van der Waals surface area (Å²) >= 11 is 0. The Hall–Kier alpha value is -4.21. The molecule has 0 saturated heterocycles. The molecule has 2 aromatic heterocycles. The summed E-state index contributed by atoms with van der Waals surface area (Å²) in [5.41, 5.74) is 6.87. The van der Waals surface area contributed by atoms with Crippen LogP contribution in [0, 0.1) is 6.92 Å². The second-order valence-corrected chi connectivity index (χ2v) is 15.3. The summed E-state index contributed by atoms with van der Waals surface area (Å²) in [7, 11) is -1.80. The first-order valence-electron chi connectivity index (χ1n) is 15.5. The molecule has 8 nitrogen and oxygen atoms in total. The van der Waals surface area contributed by atoms with Crippen LogP contribution in [0.25, 0.3) is 33.3 Å². The summed E-state index contributed by atoms with van der Waals surface area (Å²) in [5.74, 6) is 0.606. The van der Waals surface area contributed by atoms with Crippen LogP contribution in [0.1, 0.15) is 44.4 Å². The predicted molar refractivity (Wildman–Crippen MR) is 180 cm³/mol. The van der Waals surface area contributed by atoms with Crippen LogP contribution in [0.5, 0.6) is 0 Å². The number of nitrogens with zero attached hydrogens (tertiary/aromatic N) is 5. The number of fused-ring (bicyclic) bond motifs is 3. The van der Waals surface area contributed by atoms with Crippen LogP contribution in [0.4, 0.5) is 5.95 Å². The van der Waals surface area contributed by atoms with E-state index < -0.39 is 10.0 Å². The minimum Gasteiger partial charge on any atom is -0.333 e. The van der Waals surface area contributed by atoms with Crippen LogP contribution in [-0.2, 0) is 29.5 Å². The van der Waals surface area contributed by atoms with Crippen LogP contribution in [0.3, 0.4) is 0 Å². The summed E-state index contributed by atoms with van der Waals surface area (Å²) in [6.07, 6.45) is 2.66. The van der Waals surface area contributed by atoms with Crippen molar-refractivity contribution in [3.63, 3.8) is 0 Å². The quantitative estimate of drug-likeness (QED) is 0.237. The fourth-order valence-electron chi connectivity index (χ4n) is 7.11. The molecule has 0 N–H and O–H groups in total. The van der Waals surface area contributed by atoms with Gasteiger partial charge in [0.1, 0.15) is 0 Å². The largest absolute Gasteiger partial charge is 0.333 e. The zero-order valence-electron chi connectivity index (χ0n) is 26.7. The molecule has 0 unspecified atom stereocenters. The molecule has 0 aliphatic carbocycles. The molecule has 0 bridgehead atoms. The Morgan fingerprint density at radius 2 is 1.62 bits per heavy atom. The normalized spacial score (nSPS) is 16.4. The smallest absolute Gasteiger partial charge is 0.268 e. The third kappa shape index (κ3) is 4.89. The average Bonchev–Trinajstić information content (AvgIpc) is 3.51. The van der Waals surface area contributed by atoms with E-state index in [-0.39, 0.29) is 22.0 Å². The maximum absolute atomic E-state index is 14.1. The fourth-order valence-corrected chi connectivity index (χ4v) is 8.48. The zero-order chi connectivity index (χ0) is 31.8. The Bertz CT molecular complexity index is 2140. The molecule has 0 spiro atoms. The Morgan fingerprint density at radius 1 is 0.911 bits per heavy atom. The molecular formula is C36H39N5O3S. The molecule has 3 aromatic carbocycles. The number of hydrogen-bond donors (Lipinski definition) is 0. The summed E-state index contributed by atoms with van der Waals surface area (Å²) in [6.45, 7) is 12.8. The van der Waals surface area contributed by atoms with Crippen molar-refractivity contribution in [2.45, 2.75) is 70.6 Å². The number of aromatic nitrogens is 3. The van der Waals surface area contributed by atoms with Gasteiger partial charge in [-0.3, -0.25) is 9.36 Å². The SMILES string of the molecule is Cc1ccc(S(=O)(=O)n2cc(-c3cc(=O)n4c(n3)N(C(C)C)C(C)(C)C4)c3cc(-c4ccc5c(c4)CN(C)CC5)ccc32)cc1. The van der Waals surface area contributed by atoms with Crippen molar-refractivity contribution >= 4 is 26.9 Å². The number of rotatable bonds is 5. The first-order chi connectivity index (χ1) is 21.3. The molecule has 7 rings (SSSR count). The zero-order valence-corrected chi connectivity index (χ0v) is 27.5. The molecule has 45 heavy (non-hydrogen) atoms. The molecule has 9 heteroatoms. The third-order valence-corrected chi connectivity index (χ3v) is 11.0. The summed E-state index contributed by atoms with van der Waals surface area (Å²) < 4.78 is 31.3. The Balaban J connectivity index is 1.45. The van der Waals surface area contributed by atoms with E-state index in [1.54, 1.807) is 41.1 Å². The van der Waals surface area contributed by atoms with Crippen molar-refractivity contribution in [3.8, 4) is 22.4 Å². The van der Waals surface area contributed by atoms with Crippen LogP contribution >= 0.6 is 0 Å². The van der Waals surface area contributed by atoms with E-state index in [4.69, 9.17) is 4.98 Å². The minimum absolute atomic E-state index is 0.119. The Labute approximate surface area is 264 Å². The van der Waals surface area contributed by atoms with E-state index in [1.807, 2.05) is 25.1 Å². The van der Waals surface area contributed by atoms with Gasteiger partial charge in [0, 0.05) is 42.3 Å². The molecule has 0 amide bonds. The van der Waals surface area contributed by atoms with Crippen molar-refractivity contribution in [2.75, 3.05) is 18.5 Å². The van der Waals surface area contributed by atoms with Crippen molar-refractivity contribution in [1.29, 1.82) is 0 Å². The molecular weight excluding hydrogens is 582 g/mol. The van der Waals surface area contributed by atoms with E-state index in [0.717, 1.165) is 41.6 Å². The van der Waals surface area contributed by atoms with Gasteiger partial charge in [-0.15, -0.1) is 0 Å². The minimum atomic E-state index is -3.94. The maximum atomic E-state index is 14.1. The van der Waals surface area contributed by atoms with Crippen LogP contribution in [-0.4, -0.2) is 52.0 Å². The highest BCUT2D eigenvalue weighted by Crippen LogP contribution is 2.38. The lowest BCUT2D eigenvalue weighted by Crippen LogP contribution is -2.45. The maximum Gasteiger partial charge on any atom is 0.268 e.